The fraction of sp³-hybridized carbons (Fsp3) is 0.258. The number of methoxy groups -OCH3 is 4. The van der Waals surface area contributed by atoms with Crippen molar-refractivity contribution in [3.05, 3.63) is 90.6 Å². The molecule has 1 atom stereocenters. The van der Waals surface area contributed by atoms with Crippen LogP contribution < -0.4 is 33.8 Å². The summed E-state index contributed by atoms with van der Waals surface area (Å²) in [6, 6.07) is 14.0. The Labute approximate surface area is 240 Å². The molecular formula is C31H30N2O7S. The highest BCUT2D eigenvalue weighted by molar-refractivity contribution is 7.07. The molecule has 0 saturated carbocycles. The van der Waals surface area contributed by atoms with E-state index in [1.165, 1.54) is 11.3 Å². The maximum Gasteiger partial charge on any atom is 0.338 e. The molecule has 10 heteroatoms. The van der Waals surface area contributed by atoms with Gasteiger partial charge >= 0.3 is 5.97 Å². The molecule has 1 unspecified atom stereocenters. The van der Waals surface area contributed by atoms with Crippen LogP contribution >= 0.6 is 11.3 Å². The van der Waals surface area contributed by atoms with E-state index in [2.05, 4.69) is 4.99 Å². The molecule has 0 N–H and O–H groups in total. The molecule has 1 aromatic heterocycles. The summed E-state index contributed by atoms with van der Waals surface area (Å²) in [6.07, 6.45) is 1.77. The van der Waals surface area contributed by atoms with Crippen LogP contribution in [0.2, 0.25) is 0 Å². The van der Waals surface area contributed by atoms with Gasteiger partial charge in [0, 0.05) is 5.56 Å². The Morgan fingerprint density at radius 1 is 0.951 bits per heavy atom. The number of hydrogen-bond acceptors (Lipinski definition) is 9. The zero-order valence-corrected chi connectivity index (χ0v) is 24.5. The van der Waals surface area contributed by atoms with Crippen molar-refractivity contribution in [1.82, 2.24) is 4.57 Å². The number of thiazole rings is 1. The number of fused-ring (bicyclic) bond motifs is 2. The molecule has 1 aliphatic rings. The molecule has 0 fully saturated rings. The largest absolute Gasteiger partial charge is 0.497 e. The first-order valence-corrected chi connectivity index (χ1v) is 13.7. The summed E-state index contributed by atoms with van der Waals surface area (Å²) >= 11 is 1.24. The van der Waals surface area contributed by atoms with Crippen molar-refractivity contribution < 1.29 is 28.5 Å². The van der Waals surface area contributed by atoms with Crippen LogP contribution in [0.1, 0.15) is 31.0 Å². The zero-order chi connectivity index (χ0) is 29.3. The quantitative estimate of drug-likeness (QED) is 0.294. The Hall–Kier alpha value is -4.57. The average Bonchev–Trinajstić information content (AvgIpc) is 3.29. The van der Waals surface area contributed by atoms with Gasteiger partial charge in [0.15, 0.2) is 16.3 Å². The topological polar surface area (TPSA) is 97.6 Å². The van der Waals surface area contributed by atoms with Gasteiger partial charge in [0.2, 0.25) is 0 Å². The minimum atomic E-state index is -0.858. The third-order valence-electron chi connectivity index (χ3n) is 6.95. The summed E-state index contributed by atoms with van der Waals surface area (Å²) in [4.78, 5) is 32.8. The molecule has 0 bridgehead atoms. The fourth-order valence-corrected chi connectivity index (χ4v) is 6.09. The second-order valence-corrected chi connectivity index (χ2v) is 10.2. The van der Waals surface area contributed by atoms with Gasteiger partial charge in [-0.15, -0.1) is 0 Å². The molecule has 2 heterocycles. The second-order valence-electron chi connectivity index (χ2n) is 9.19. The van der Waals surface area contributed by atoms with Crippen LogP contribution in [0.25, 0.3) is 16.8 Å². The molecular weight excluding hydrogens is 544 g/mol. The smallest absolute Gasteiger partial charge is 0.338 e. The van der Waals surface area contributed by atoms with E-state index < -0.39 is 12.0 Å². The van der Waals surface area contributed by atoms with Gasteiger partial charge < -0.3 is 23.7 Å². The van der Waals surface area contributed by atoms with Crippen molar-refractivity contribution >= 4 is 34.2 Å². The number of aromatic nitrogens is 1. The van der Waals surface area contributed by atoms with Crippen molar-refractivity contribution in [3.63, 3.8) is 0 Å². The summed E-state index contributed by atoms with van der Waals surface area (Å²) < 4.78 is 29.6. The summed E-state index contributed by atoms with van der Waals surface area (Å²) in [7, 11) is 6.27. The predicted molar refractivity (Wildman–Crippen MR) is 157 cm³/mol. The van der Waals surface area contributed by atoms with E-state index >= 15 is 0 Å². The average molecular weight is 575 g/mol. The van der Waals surface area contributed by atoms with E-state index in [0.717, 1.165) is 16.3 Å². The number of carbonyl (C=O) groups is 1. The van der Waals surface area contributed by atoms with Crippen molar-refractivity contribution in [1.29, 1.82) is 0 Å². The highest BCUT2D eigenvalue weighted by Gasteiger charge is 2.36. The van der Waals surface area contributed by atoms with Crippen molar-refractivity contribution in [3.8, 4) is 23.0 Å². The lowest BCUT2D eigenvalue weighted by Crippen LogP contribution is -2.40. The van der Waals surface area contributed by atoms with Gasteiger partial charge in [-0.2, -0.15) is 0 Å². The van der Waals surface area contributed by atoms with E-state index in [0.29, 0.717) is 43.6 Å². The number of nitrogens with zero attached hydrogens (tertiary/aromatic N) is 2. The van der Waals surface area contributed by atoms with Crippen LogP contribution in [-0.4, -0.2) is 45.6 Å². The normalized spacial score (nSPS) is 14.9. The highest BCUT2D eigenvalue weighted by atomic mass is 32.1. The van der Waals surface area contributed by atoms with Crippen LogP contribution in [0.5, 0.6) is 23.0 Å². The lowest BCUT2D eigenvalue weighted by atomic mass is 9.90. The molecule has 0 radical (unpaired) electrons. The molecule has 9 nitrogen and oxygen atoms in total. The molecule has 0 saturated heterocycles. The summed E-state index contributed by atoms with van der Waals surface area (Å²) in [5.41, 5.74) is 1.82. The Morgan fingerprint density at radius 2 is 1.66 bits per heavy atom. The number of esters is 1. The van der Waals surface area contributed by atoms with Crippen LogP contribution in [0.4, 0.5) is 0 Å². The van der Waals surface area contributed by atoms with Crippen LogP contribution in [-0.2, 0) is 9.53 Å². The first kappa shape index (κ1) is 28.0. The van der Waals surface area contributed by atoms with Crippen molar-refractivity contribution in [2.45, 2.75) is 19.9 Å². The first-order chi connectivity index (χ1) is 19.8. The maximum absolute atomic E-state index is 14.2. The third-order valence-corrected chi connectivity index (χ3v) is 7.93. The number of carbonyl (C=O) groups excluding carboxylic acids is 1. The molecule has 1 aliphatic heterocycles. The number of rotatable bonds is 8. The second kappa shape index (κ2) is 11.5. The number of hydrogen-bond donors (Lipinski definition) is 0. The standard InChI is InChI=1S/C31H30N2O7S/c1-7-40-30(35)26-17(2)32-31-33(29(34)25(41-31)15-18-8-12-22(37-4)24(14-18)39-6)28(26)27-21-16-20(36-3)11-9-19(21)10-13-23(27)38-5/h8-16,28H,7H2,1-6H3/b25-15-. The van der Waals surface area contributed by atoms with Crippen LogP contribution in [0, 0.1) is 0 Å². The first-order valence-electron chi connectivity index (χ1n) is 12.9. The lowest BCUT2D eigenvalue weighted by molar-refractivity contribution is -0.139. The van der Waals surface area contributed by atoms with Crippen LogP contribution in [0.3, 0.4) is 0 Å². The monoisotopic (exact) mass is 574 g/mol. The third kappa shape index (κ3) is 4.95. The molecule has 4 aromatic rings. The van der Waals surface area contributed by atoms with E-state index in [9.17, 15) is 9.59 Å². The predicted octanol–water partition coefficient (Wildman–Crippen LogP) is 3.99. The molecule has 5 rings (SSSR count). The van der Waals surface area contributed by atoms with Crippen molar-refractivity contribution in [2.75, 3.05) is 35.0 Å². The van der Waals surface area contributed by atoms with E-state index in [1.54, 1.807) is 65.1 Å². The highest BCUT2D eigenvalue weighted by Crippen LogP contribution is 2.41. The van der Waals surface area contributed by atoms with E-state index in [-0.39, 0.29) is 17.7 Å². The van der Waals surface area contributed by atoms with Gasteiger partial charge in [0.1, 0.15) is 17.5 Å². The molecule has 0 aliphatic carbocycles. The SMILES string of the molecule is CCOC(=O)C1=C(C)N=c2s/c(=C\c3ccc(OC)c(OC)c3)c(=O)n2C1c1c(OC)ccc2ccc(OC)cc12. The minimum Gasteiger partial charge on any atom is -0.497 e. The van der Waals surface area contributed by atoms with Crippen LogP contribution in [0.15, 0.2) is 69.6 Å². The fourth-order valence-electron chi connectivity index (χ4n) is 5.05. The van der Waals surface area contributed by atoms with Gasteiger partial charge in [-0.05, 0) is 66.6 Å². The molecule has 3 aromatic carbocycles. The Bertz CT molecular complexity index is 1860. The van der Waals surface area contributed by atoms with Gasteiger partial charge in [-0.3, -0.25) is 9.36 Å². The Kier molecular flexibility index (Phi) is 7.85. The van der Waals surface area contributed by atoms with Gasteiger partial charge in [0.25, 0.3) is 5.56 Å². The lowest BCUT2D eigenvalue weighted by Gasteiger charge is -2.27. The van der Waals surface area contributed by atoms with Gasteiger partial charge in [0.05, 0.1) is 50.8 Å². The van der Waals surface area contributed by atoms with Gasteiger partial charge in [-0.1, -0.05) is 29.5 Å². The van der Waals surface area contributed by atoms with E-state index in [4.69, 9.17) is 23.7 Å². The Morgan fingerprint density at radius 3 is 2.34 bits per heavy atom. The molecule has 0 amide bonds. The number of allylic oxidation sites excluding steroid dienone is 1. The van der Waals surface area contributed by atoms with Gasteiger partial charge in [-0.25, -0.2) is 9.79 Å². The molecule has 41 heavy (non-hydrogen) atoms. The summed E-state index contributed by atoms with van der Waals surface area (Å²) in [5, 5.41) is 1.67. The number of ether oxygens (including phenoxy) is 5. The molecule has 212 valence electrons. The Balaban J connectivity index is 1.83. The summed E-state index contributed by atoms with van der Waals surface area (Å²) in [5.74, 6) is 1.73. The maximum atomic E-state index is 14.2. The van der Waals surface area contributed by atoms with E-state index in [1.807, 2.05) is 36.4 Å². The zero-order valence-electron chi connectivity index (χ0n) is 23.6. The number of benzene rings is 3. The molecule has 0 spiro atoms. The summed E-state index contributed by atoms with van der Waals surface area (Å²) in [6.45, 7) is 3.67. The minimum absolute atomic E-state index is 0.173. The van der Waals surface area contributed by atoms with Crippen molar-refractivity contribution in [2.24, 2.45) is 4.99 Å².